The molecule has 132 valence electrons. The molecule has 3 rings (SSSR count). The van der Waals surface area contributed by atoms with Crippen LogP contribution in [-0.2, 0) is 12.8 Å². The minimum absolute atomic E-state index is 0.230. The fourth-order valence-electron chi connectivity index (χ4n) is 2.53. The molecular formula is C19H18ClN5O. The average molecular weight is 368 g/mol. The van der Waals surface area contributed by atoms with Crippen LogP contribution in [0.4, 0.5) is 5.95 Å². The SMILES string of the molecule is CCc1cc(C)nc(Cc2ccc(Cl)c(C(=O)Nc3ncccn3)c2)n1. The Kier molecular flexibility index (Phi) is 5.53. The van der Waals surface area contributed by atoms with Gasteiger partial charge in [0, 0.05) is 30.2 Å². The molecule has 26 heavy (non-hydrogen) atoms. The van der Waals surface area contributed by atoms with Crippen LogP contribution >= 0.6 is 11.6 Å². The maximum atomic E-state index is 12.5. The maximum absolute atomic E-state index is 12.5. The number of nitrogens with zero attached hydrogens (tertiary/aromatic N) is 4. The number of hydrogen-bond acceptors (Lipinski definition) is 5. The summed E-state index contributed by atoms with van der Waals surface area (Å²) in [6.07, 6.45) is 4.48. The highest BCUT2D eigenvalue weighted by Crippen LogP contribution is 2.20. The second-order valence-electron chi connectivity index (χ2n) is 5.79. The van der Waals surface area contributed by atoms with Gasteiger partial charge in [-0.05, 0) is 43.2 Å². The van der Waals surface area contributed by atoms with Crippen LogP contribution in [-0.4, -0.2) is 25.8 Å². The fraction of sp³-hybridized carbons (Fsp3) is 0.211. The number of rotatable bonds is 5. The number of nitrogens with one attached hydrogen (secondary N) is 1. The first-order chi connectivity index (χ1) is 12.5. The van der Waals surface area contributed by atoms with Crippen molar-refractivity contribution < 1.29 is 4.79 Å². The third kappa shape index (κ3) is 4.40. The third-order valence-electron chi connectivity index (χ3n) is 3.74. The number of hydrogen-bond donors (Lipinski definition) is 1. The number of carbonyl (C=O) groups excluding carboxylic acids is 1. The van der Waals surface area contributed by atoms with Crippen LogP contribution in [0.1, 0.15) is 40.1 Å². The first kappa shape index (κ1) is 17.9. The van der Waals surface area contributed by atoms with Gasteiger partial charge in [-0.25, -0.2) is 19.9 Å². The van der Waals surface area contributed by atoms with Crippen LogP contribution < -0.4 is 5.32 Å². The van der Waals surface area contributed by atoms with E-state index in [0.717, 1.165) is 29.2 Å². The highest BCUT2D eigenvalue weighted by molar-refractivity contribution is 6.34. The highest BCUT2D eigenvalue weighted by Gasteiger charge is 2.13. The standard InChI is InChI=1S/C19H18ClN5O/c1-3-14-9-12(2)23-17(24-14)11-13-5-6-16(20)15(10-13)18(26)25-19-21-7-4-8-22-19/h4-10H,3,11H2,1-2H3,(H,21,22,25,26). The molecule has 0 aliphatic heterocycles. The number of halogens is 1. The summed E-state index contributed by atoms with van der Waals surface area (Å²) in [5.41, 5.74) is 3.20. The summed E-state index contributed by atoms with van der Waals surface area (Å²) >= 11 is 6.20. The van der Waals surface area contributed by atoms with Gasteiger partial charge in [-0.2, -0.15) is 0 Å². The molecule has 1 amide bonds. The summed E-state index contributed by atoms with van der Waals surface area (Å²) < 4.78 is 0. The van der Waals surface area contributed by atoms with Crippen LogP contribution in [0.15, 0.2) is 42.7 Å². The van der Waals surface area contributed by atoms with E-state index in [9.17, 15) is 4.79 Å². The van der Waals surface area contributed by atoms with Gasteiger partial charge in [0.15, 0.2) is 0 Å². The van der Waals surface area contributed by atoms with Crippen molar-refractivity contribution in [1.82, 2.24) is 19.9 Å². The fourth-order valence-corrected chi connectivity index (χ4v) is 2.74. The number of aryl methyl sites for hydroxylation is 2. The minimum atomic E-state index is -0.359. The van der Waals surface area contributed by atoms with Crippen LogP contribution in [0.3, 0.4) is 0 Å². The van der Waals surface area contributed by atoms with Crippen molar-refractivity contribution >= 4 is 23.5 Å². The molecule has 1 aromatic carbocycles. The van der Waals surface area contributed by atoms with Gasteiger partial charge < -0.3 is 0 Å². The molecule has 0 bridgehead atoms. The lowest BCUT2D eigenvalue weighted by Crippen LogP contribution is -2.15. The topological polar surface area (TPSA) is 80.7 Å². The van der Waals surface area contributed by atoms with Crippen LogP contribution in [0.2, 0.25) is 5.02 Å². The Morgan fingerprint density at radius 3 is 2.65 bits per heavy atom. The zero-order valence-corrected chi connectivity index (χ0v) is 15.3. The van der Waals surface area contributed by atoms with E-state index in [0.29, 0.717) is 17.0 Å². The van der Waals surface area contributed by atoms with E-state index in [1.807, 2.05) is 19.1 Å². The number of anilines is 1. The van der Waals surface area contributed by atoms with E-state index in [1.165, 1.54) is 0 Å². The molecule has 1 N–H and O–H groups in total. The van der Waals surface area contributed by atoms with Crippen molar-refractivity contribution in [2.45, 2.75) is 26.7 Å². The predicted octanol–water partition coefficient (Wildman–Crippen LogP) is 3.63. The Labute approximate surface area is 156 Å². The first-order valence-corrected chi connectivity index (χ1v) is 8.63. The van der Waals surface area contributed by atoms with Gasteiger partial charge in [0.05, 0.1) is 10.6 Å². The third-order valence-corrected chi connectivity index (χ3v) is 4.07. The molecule has 7 heteroatoms. The number of benzene rings is 1. The van der Waals surface area contributed by atoms with E-state index in [1.54, 1.807) is 30.6 Å². The minimum Gasteiger partial charge on any atom is -0.290 e. The van der Waals surface area contributed by atoms with Crippen molar-refractivity contribution in [2.24, 2.45) is 0 Å². The van der Waals surface area contributed by atoms with Crippen LogP contribution in [0.5, 0.6) is 0 Å². The molecule has 0 radical (unpaired) electrons. The molecule has 2 aromatic heterocycles. The van der Waals surface area contributed by atoms with E-state index in [4.69, 9.17) is 11.6 Å². The Hall–Kier alpha value is -2.86. The molecule has 0 unspecified atom stereocenters. The van der Waals surface area contributed by atoms with Crippen LogP contribution in [0.25, 0.3) is 0 Å². The first-order valence-electron chi connectivity index (χ1n) is 8.25. The van der Waals surface area contributed by atoms with Gasteiger partial charge in [-0.15, -0.1) is 0 Å². The summed E-state index contributed by atoms with van der Waals surface area (Å²) in [4.78, 5) is 29.5. The van der Waals surface area contributed by atoms with Gasteiger partial charge in [0.25, 0.3) is 5.91 Å². The van der Waals surface area contributed by atoms with Gasteiger partial charge in [-0.3, -0.25) is 10.1 Å². The van der Waals surface area contributed by atoms with Crippen molar-refractivity contribution in [3.05, 3.63) is 76.1 Å². The Morgan fingerprint density at radius 2 is 1.92 bits per heavy atom. The lowest BCUT2D eigenvalue weighted by atomic mass is 10.1. The number of amides is 1. The summed E-state index contributed by atoms with van der Waals surface area (Å²) in [5.74, 6) is 0.595. The molecule has 0 spiro atoms. The van der Waals surface area contributed by atoms with Crippen molar-refractivity contribution in [2.75, 3.05) is 5.32 Å². The van der Waals surface area contributed by atoms with Gasteiger partial charge in [-0.1, -0.05) is 24.6 Å². The molecular weight excluding hydrogens is 350 g/mol. The highest BCUT2D eigenvalue weighted by atomic mass is 35.5. The normalized spacial score (nSPS) is 10.6. The van der Waals surface area contributed by atoms with Gasteiger partial charge >= 0.3 is 0 Å². The average Bonchev–Trinajstić information content (AvgIpc) is 2.63. The van der Waals surface area contributed by atoms with Gasteiger partial charge in [0.1, 0.15) is 5.82 Å². The Bertz CT molecular complexity index is 930. The zero-order chi connectivity index (χ0) is 18.5. The Morgan fingerprint density at radius 1 is 1.15 bits per heavy atom. The van der Waals surface area contributed by atoms with Gasteiger partial charge in [0.2, 0.25) is 5.95 Å². The summed E-state index contributed by atoms with van der Waals surface area (Å²) in [6.45, 7) is 4.01. The van der Waals surface area contributed by atoms with E-state index < -0.39 is 0 Å². The largest absolute Gasteiger partial charge is 0.290 e. The zero-order valence-electron chi connectivity index (χ0n) is 14.5. The second-order valence-corrected chi connectivity index (χ2v) is 6.20. The molecule has 3 aromatic rings. The molecule has 0 aliphatic rings. The maximum Gasteiger partial charge on any atom is 0.259 e. The smallest absolute Gasteiger partial charge is 0.259 e. The van der Waals surface area contributed by atoms with Crippen LogP contribution in [0, 0.1) is 6.92 Å². The summed E-state index contributed by atoms with van der Waals surface area (Å²) in [6, 6.07) is 8.97. The Balaban J connectivity index is 1.83. The quantitative estimate of drug-likeness (QED) is 0.744. The van der Waals surface area contributed by atoms with E-state index in [-0.39, 0.29) is 11.9 Å². The lowest BCUT2D eigenvalue weighted by Gasteiger charge is -2.09. The number of aromatic nitrogens is 4. The molecule has 0 atom stereocenters. The molecule has 0 saturated heterocycles. The summed E-state index contributed by atoms with van der Waals surface area (Å²) in [7, 11) is 0. The lowest BCUT2D eigenvalue weighted by molar-refractivity contribution is 0.102. The van der Waals surface area contributed by atoms with E-state index in [2.05, 4.69) is 32.2 Å². The number of carbonyl (C=O) groups is 1. The molecule has 0 fully saturated rings. The predicted molar refractivity (Wildman–Crippen MR) is 100 cm³/mol. The van der Waals surface area contributed by atoms with E-state index >= 15 is 0 Å². The monoisotopic (exact) mass is 367 g/mol. The van der Waals surface area contributed by atoms with Crippen molar-refractivity contribution in [1.29, 1.82) is 0 Å². The molecule has 2 heterocycles. The molecule has 0 aliphatic carbocycles. The molecule has 6 nitrogen and oxygen atoms in total. The summed E-state index contributed by atoms with van der Waals surface area (Å²) in [5, 5.41) is 3.00. The second kappa shape index (κ2) is 8.01. The van der Waals surface area contributed by atoms with Crippen molar-refractivity contribution in [3.63, 3.8) is 0 Å². The van der Waals surface area contributed by atoms with Crippen molar-refractivity contribution in [3.8, 4) is 0 Å². The molecule has 0 saturated carbocycles.